The molecule has 0 heterocycles. The minimum absolute atomic E-state index is 0.325. The summed E-state index contributed by atoms with van der Waals surface area (Å²) in [5.41, 5.74) is 13.3. The third-order valence-corrected chi connectivity index (χ3v) is 2.38. The predicted octanol–water partition coefficient (Wildman–Crippen LogP) is 2.11. The van der Waals surface area contributed by atoms with Gasteiger partial charge in [-0.15, -0.1) is 0 Å². The van der Waals surface area contributed by atoms with Gasteiger partial charge in [-0.25, -0.2) is 0 Å². The van der Waals surface area contributed by atoms with Crippen LogP contribution in [0, 0.1) is 0 Å². The molecule has 86 valence electrons. The number of carbonyl (C=O) groups is 1. The van der Waals surface area contributed by atoms with Crippen LogP contribution >= 0.6 is 0 Å². The maximum Gasteiger partial charge on any atom is 0.250 e. The molecule has 4 nitrogen and oxygen atoms in total. The number of nitrogen functional groups attached to an aromatic ring is 1. The first kappa shape index (κ1) is 11.0. The molecule has 2 rings (SSSR count). The Hall–Kier alpha value is -2.49. The monoisotopic (exact) mass is 227 g/mol. The van der Waals surface area contributed by atoms with E-state index in [0.717, 1.165) is 11.4 Å². The summed E-state index contributed by atoms with van der Waals surface area (Å²) in [4.78, 5) is 11.1. The summed E-state index contributed by atoms with van der Waals surface area (Å²) in [6, 6.07) is 14.7. The lowest BCUT2D eigenvalue weighted by molar-refractivity contribution is 0.100. The average molecular weight is 227 g/mol. The number of para-hydroxylation sites is 1. The van der Waals surface area contributed by atoms with E-state index in [4.69, 9.17) is 11.5 Å². The zero-order chi connectivity index (χ0) is 12.3. The van der Waals surface area contributed by atoms with E-state index in [0.29, 0.717) is 11.3 Å². The maximum atomic E-state index is 11.1. The van der Waals surface area contributed by atoms with Crippen molar-refractivity contribution in [3.63, 3.8) is 0 Å². The molecule has 1 amide bonds. The van der Waals surface area contributed by atoms with Crippen molar-refractivity contribution in [2.45, 2.75) is 0 Å². The zero-order valence-electron chi connectivity index (χ0n) is 9.18. The summed E-state index contributed by atoms with van der Waals surface area (Å²) in [6.45, 7) is 0. The lowest BCUT2D eigenvalue weighted by atomic mass is 10.1. The van der Waals surface area contributed by atoms with Crippen molar-refractivity contribution in [2.75, 3.05) is 11.1 Å². The van der Waals surface area contributed by atoms with Crippen LogP contribution in [-0.4, -0.2) is 5.91 Å². The Morgan fingerprint density at radius 2 is 1.71 bits per heavy atom. The fraction of sp³-hybridized carbons (Fsp3) is 0. The molecule has 0 aliphatic rings. The predicted molar refractivity (Wildman–Crippen MR) is 69.1 cm³/mol. The number of primary amides is 1. The smallest absolute Gasteiger partial charge is 0.250 e. The fourth-order valence-corrected chi connectivity index (χ4v) is 1.54. The summed E-state index contributed by atoms with van der Waals surface area (Å²) >= 11 is 0. The van der Waals surface area contributed by atoms with Gasteiger partial charge in [0.15, 0.2) is 0 Å². The van der Waals surface area contributed by atoms with Crippen LogP contribution < -0.4 is 16.8 Å². The number of carbonyl (C=O) groups excluding carboxylic acids is 1. The Labute approximate surface area is 99.2 Å². The SMILES string of the molecule is NC(=O)c1cc(Nc2ccccc2)ccc1N. The largest absolute Gasteiger partial charge is 0.398 e. The topological polar surface area (TPSA) is 81.1 Å². The first-order chi connectivity index (χ1) is 8.16. The Bertz CT molecular complexity index is 538. The second-order valence-corrected chi connectivity index (χ2v) is 3.66. The van der Waals surface area contributed by atoms with Gasteiger partial charge in [-0.2, -0.15) is 0 Å². The van der Waals surface area contributed by atoms with Crippen LogP contribution in [0.4, 0.5) is 17.1 Å². The molecule has 0 saturated carbocycles. The minimum atomic E-state index is -0.529. The number of hydrogen-bond acceptors (Lipinski definition) is 3. The van der Waals surface area contributed by atoms with Crippen molar-refractivity contribution >= 4 is 23.0 Å². The number of amides is 1. The quantitative estimate of drug-likeness (QED) is 0.702. The Morgan fingerprint density at radius 1 is 1.00 bits per heavy atom. The van der Waals surface area contributed by atoms with Crippen molar-refractivity contribution < 1.29 is 4.79 Å². The zero-order valence-corrected chi connectivity index (χ0v) is 9.18. The molecule has 0 unspecified atom stereocenters. The molecule has 2 aromatic rings. The van der Waals surface area contributed by atoms with E-state index in [2.05, 4.69) is 5.32 Å². The molecule has 0 fully saturated rings. The first-order valence-corrected chi connectivity index (χ1v) is 5.18. The van der Waals surface area contributed by atoms with Crippen LogP contribution in [0.15, 0.2) is 48.5 Å². The number of nitrogens with one attached hydrogen (secondary N) is 1. The summed E-state index contributed by atoms with van der Waals surface area (Å²) in [5.74, 6) is -0.529. The molecule has 2 aromatic carbocycles. The van der Waals surface area contributed by atoms with E-state index in [-0.39, 0.29) is 0 Å². The first-order valence-electron chi connectivity index (χ1n) is 5.18. The molecule has 0 aliphatic heterocycles. The molecule has 0 saturated heterocycles. The van der Waals surface area contributed by atoms with Crippen LogP contribution in [-0.2, 0) is 0 Å². The van der Waals surface area contributed by atoms with E-state index in [1.165, 1.54) is 0 Å². The number of nitrogens with two attached hydrogens (primary N) is 2. The Morgan fingerprint density at radius 3 is 2.35 bits per heavy atom. The molecular formula is C13H13N3O. The standard InChI is InChI=1S/C13H13N3O/c14-12-7-6-10(8-11(12)13(15)17)16-9-4-2-1-3-5-9/h1-8,16H,14H2,(H2,15,17). The average Bonchev–Trinajstić information content (AvgIpc) is 2.32. The van der Waals surface area contributed by atoms with Crippen LogP contribution in [0.25, 0.3) is 0 Å². The van der Waals surface area contributed by atoms with Crippen LogP contribution in [0.2, 0.25) is 0 Å². The number of benzene rings is 2. The van der Waals surface area contributed by atoms with Gasteiger partial charge in [-0.3, -0.25) is 4.79 Å². The molecule has 0 aromatic heterocycles. The number of rotatable bonds is 3. The molecular weight excluding hydrogens is 214 g/mol. The molecule has 17 heavy (non-hydrogen) atoms. The second kappa shape index (κ2) is 4.57. The van der Waals surface area contributed by atoms with Crippen molar-refractivity contribution in [3.05, 3.63) is 54.1 Å². The lowest BCUT2D eigenvalue weighted by Gasteiger charge is -2.08. The summed E-state index contributed by atoms with van der Waals surface area (Å²) in [6.07, 6.45) is 0. The van der Waals surface area contributed by atoms with Gasteiger partial charge >= 0.3 is 0 Å². The van der Waals surface area contributed by atoms with E-state index in [1.54, 1.807) is 18.2 Å². The van der Waals surface area contributed by atoms with E-state index in [1.807, 2.05) is 30.3 Å². The van der Waals surface area contributed by atoms with E-state index in [9.17, 15) is 4.79 Å². The van der Waals surface area contributed by atoms with Gasteiger partial charge in [0.1, 0.15) is 0 Å². The fourth-order valence-electron chi connectivity index (χ4n) is 1.54. The lowest BCUT2D eigenvalue weighted by Crippen LogP contribution is -2.13. The van der Waals surface area contributed by atoms with Crippen LogP contribution in [0.1, 0.15) is 10.4 Å². The third kappa shape index (κ3) is 2.55. The Kier molecular flexibility index (Phi) is 2.96. The van der Waals surface area contributed by atoms with Gasteiger partial charge in [0.25, 0.3) is 5.91 Å². The highest BCUT2D eigenvalue weighted by Gasteiger charge is 2.06. The van der Waals surface area contributed by atoms with Crippen LogP contribution in [0.5, 0.6) is 0 Å². The normalized spacial score (nSPS) is 9.88. The van der Waals surface area contributed by atoms with Gasteiger partial charge in [0, 0.05) is 17.1 Å². The highest BCUT2D eigenvalue weighted by Crippen LogP contribution is 2.21. The van der Waals surface area contributed by atoms with Crippen LogP contribution in [0.3, 0.4) is 0 Å². The van der Waals surface area contributed by atoms with E-state index < -0.39 is 5.91 Å². The molecule has 4 heteroatoms. The molecule has 5 N–H and O–H groups in total. The van der Waals surface area contributed by atoms with Crippen molar-refractivity contribution in [1.82, 2.24) is 0 Å². The van der Waals surface area contributed by atoms with E-state index >= 15 is 0 Å². The van der Waals surface area contributed by atoms with Crippen molar-refractivity contribution in [1.29, 1.82) is 0 Å². The Balaban J connectivity index is 2.29. The number of anilines is 3. The molecule has 0 spiro atoms. The maximum absolute atomic E-state index is 11.1. The summed E-state index contributed by atoms with van der Waals surface area (Å²) < 4.78 is 0. The molecule has 0 atom stereocenters. The van der Waals surface area contributed by atoms with Gasteiger partial charge in [-0.05, 0) is 30.3 Å². The molecule has 0 bridgehead atoms. The second-order valence-electron chi connectivity index (χ2n) is 3.66. The highest BCUT2D eigenvalue weighted by molar-refractivity contribution is 5.99. The minimum Gasteiger partial charge on any atom is -0.398 e. The van der Waals surface area contributed by atoms with Gasteiger partial charge in [-0.1, -0.05) is 18.2 Å². The summed E-state index contributed by atoms with van der Waals surface area (Å²) in [7, 11) is 0. The van der Waals surface area contributed by atoms with Crippen molar-refractivity contribution in [2.24, 2.45) is 5.73 Å². The van der Waals surface area contributed by atoms with Gasteiger partial charge in [0.05, 0.1) is 5.56 Å². The third-order valence-electron chi connectivity index (χ3n) is 2.38. The van der Waals surface area contributed by atoms with Crippen molar-refractivity contribution in [3.8, 4) is 0 Å². The molecule has 0 aliphatic carbocycles. The molecule has 0 radical (unpaired) electrons. The highest BCUT2D eigenvalue weighted by atomic mass is 16.1. The van der Waals surface area contributed by atoms with Gasteiger partial charge < -0.3 is 16.8 Å². The number of hydrogen-bond donors (Lipinski definition) is 3. The summed E-state index contributed by atoms with van der Waals surface area (Å²) in [5, 5.41) is 3.16. The van der Waals surface area contributed by atoms with Gasteiger partial charge in [0.2, 0.25) is 0 Å².